The second kappa shape index (κ2) is 6.93. The van der Waals surface area contributed by atoms with Crippen molar-refractivity contribution >= 4 is 0 Å². The van der Waals surface area contributed by atoms with E-state index in [0.29, 0.717) is 10.5 Å². The van der Waals surface area contributed by atoms with Crippen LogP contribution in [0.1, 0.15) is 67.8 Å². The molecule has 0 amide bonds. The van der Waals surface area contributed by atoms with E-state index in [1.54, 1.807) is 12.1 Å². The van der Waals surface area contributed by atoms with Gasteiger partial charge in [-0.05, 0) is 56.5 Å². The average Bonchev–Trinajstić information content (AvgIpc) is 2.74. The maximum absolute atomic E-state index is 11.7. The molecule has 1 atom stereocenters. The molecule has 0 spiro atoms. The van der Waals surface area contributed by atoms with Gasteiger partial charge in [-0.2, -0.15) is 0 Å². The minimum atomic E-state index is -3.04. The largest absolute Gasteiger partial charge is 0.385 e. The summed E-state index contributed by atoms with van der Waals surface area (Å²) >= 11 is 0. The van der Waals surface area contributed by atoms with Crippen LogP contribution in [-0.4, -0.2) is 29.5 Å². The molecule has 21 heavy (non-hydrogen) atoms. The Kier molecular flexibility index (Phi) is 2.68. The van der Waals surface area contributed by atoms with Crippen molar-refractivity contribution in [2.45, 2.75) is 56.9 Å². The Morgan fingerprint density at radius 2 is 1.76 bits per heavy atom. The van der Waals surface area contributed by atoms with Crippen LogP contribution in [0, 0.1) is 5.92 Å². The SMILES string of the molecule is [2H]C1([2H])N(CCC(O)(c2ccccc2)C2CCCCC2)C([2H])([2H])C([2H])([2H])C1([2H])[2H]. The van der Waals surface area contributed by atoms with Crippen LogP contribution < -0.4 is 0 Å². The number of hydrogen-bond acceptors (Lipinski definition) is 2. The Hall–Kier alpha value is -0.860. The van der Waals surface area contributed by atoms with Crippen molar-refractivity contribution in [3.8, 4) is 0 Å². The maximum atomic E-state index is 11.7. The topological polar surface area (TPSA) is 23.5 Å². The zero-order valence-corrected chi connectivity index (χ0v) is 12.3. The highest BCUT2D eigenvalue weighted by atomic mass is 16.3. The number of aliphatic hydroxyl groups is 1. The van der Waals surface area contributed by atoms with Gasteiger partial charge in [0.25, 0.3) is 0 Å². The average molecular weight is 295 g/mol. The van der Waals surface area contributed by atoms with Crippen molar-refractivity contribution in [1.29, 1.82) is 0 Å². The first kappa shape index (κ1) is 8.12. The quantitative estimate of drug-likeness (QED) is 0.889. The zero-order valence-electron chi connectivity index (χ0n) is 20.3. The van der Waals surface area contributed by atoms with Gasteiger partial charge >= 0.3 is 0 Å². The summed E-state index contributed by atoms with van der Waals surface area (Å²) in [5.41, 5.74) is -0.631. The van der Waals surface area contributed by atoms with Crippen molar-refractivity contribution in [2.24, 2.45) is 5.92 Å². The molecule has 0 bridgehead atoms. The van der Waals surface area contributed by atoms with E-state index in [1.165, 1.54) is 0 Å². The number of nitrogens with zero attached hydrogens (tertiary/aromatic N) is 1. The van der Waals surface area contributed by atoms with E-state index in [0.717, 1.165) is 32.1 Å². The summed E-state index contributed by atoms with van der Waals surface area (Å²) in [4.78, 5) is 0.622. The van der Waals surface area contributed by atoms with Crippen LogP contribution in [0.4, 0.5) is 0 Å². The summed E-state index contributed by atoms with van der Waals surface area (Å²) in [5.74, 6) is -0.0634. The number of hydrogen-bond donors (Lipinski definition) is 1. The van der Waals surface area contributed by atoms with Crippen LogP contribution in [0.5, 0.6) is 0 Å². The van der Waals surface area contributed by atoms with Gasteiger partial charge in [0.2, 0.25) is 0 Å². The highest BCUT2D eigenvalue weighted by molar-refractivity contribution is 5.23. The minimum absolute atomic E-state index is 0.00708. The van der Waals surface area contributed by atoms with Crippen LogP contribution in [0.25, 0.3) is 0 Å². The van der Waals surface area contributed by atoms with Crippen molar-refractivity contribution in [2.75, 3.05) is 19.5 Å². The standard InChI is InChI=1S/C19H29NO/c21-19(17-9-3-1-4-10-17,18-11-5-2-6-12-18)13-16-20-14-7-8-15-20/h1,3-4,9-10,18,21H,2,5-8,11-16H2/i7D2,8D2,14D2,15D2. The van der Waals surface area contributed by atoms with E-state index in [9.17, 15) is 5.11 Å². The number of likely N-dealkylation sites (tertiary alicyclic amines) is 1. The summed E-state index contributed by atoms with van der Waals surface area (Å²) in [5, 5.41) is 11.7. The lowest BCUT2D eigenvalue weighted by molar-refractivity contribution is -0.0510. The van der Waals surface area contributed by atoms with Crippen molar-refractivity contribution in [3.05, 3.63) is 35.9 Å². The third-order valence-electron chi connectivity index (χ3n) is 4.71. The first-order valence-electron chi connectivity index (χ1n) is 11.9. The fourth-order valence-electron chi connectivity index (χ4n) is 3.50. The van der Waals surface area contributed by atoms with Crippen LogP contribution in [0.15, 0.2) is 30.3 Å². The van der Waals surface area contributed by atoms with Gasteiger partial charge in [-0.1, -0.05) is 49.6 Å². The fourth-order valence-corrected chi connectivity index (χ4v) is 3.50. The molecule has 1 N–H and O–H groups in total. The van der Waals surface area contributed by atoms with E-state index in [-0.39, 0.29) is 18.9 Å². The highest BCUT2D eigenvalue weighted by Crippen LogP contribution is 2.41. The van der Waals surface area contributed by atoms with Crippen molar-refractivity contribution < 1.29 is 16.1 Å². The molecule has 1 saturated heterocycles. The predicted octanol–water partition coefficient (Wildman–Crippen LogP) is 3.94. The molecule has 3 rings (SSSR count). The lowest BCUT2D eigenvalue weighted by Crippen LogP contribution is -2.39. The predicted molar refractivity (Wildman–Crippen MR) is 87.2 cm³/mol. The Bertz CT molecular complexity index is 694. The normalized spacial score (nSPS) is 39.3. The van der Waals surface area contributed by atoms with Gasteiger partial charge in [0.05, 0.1) is 5.60 Å². The molecule has 2 aliphatic rings. The molecule has 1 aromatic carbocycles. The number of rotatable bonds is 5. The summed E-state index contributed by atoms with van der Waals surface area (Å²) < 4.78 is 64.5. The summed E-state index contributed by atoms with van der Waals surface area (Å²) in [6.45, 7) is -6.02. The Morgan fingerprint density at radius 1 is 1.10 bits per heavy atom. The van der Waals surface area contributed by atoms with Crippen LogP contribution in [0.2, 0.25) is 0 Å². The van der Waals surface area contributed by atoms with Gasteiger partial charge < -0.3 is 10.0 Å². The van der Waals surface area contributed by atoms with Crippen molar-refractivity contribution in [3.63, 3.8) is 0 Å². The Balaban J connectivity index is 1.93. The van der Waals surface area contributed by atoms with Crippen molar-refractivity contribution in [1.82, 2.24) is 4.90 Å². The summed E-state index contributed by atoms with van der Waals surface area (Å²) in [7, 11) is 0. The molecular formula is C19H29NO. The third-order valence-corrected chi connectivity index (χ3v) is 4.71. The van der Waals surface area contributed by atoms with Gasteiger partial charge in [-0.3, -0.25) is 0 Å². The van der Waals surface area contributed by atoms with E-state index >= 15 is 0 Å². The van der Waals surface area contributed by atoms with E-state index < -0.39 is 31.3 Å². The molecule has 1 aliphatic heterocycles. The van der Waals surface area contributed by atoms with E-state index in [2.05, 4.69) is 0 Å². The van der Waals surface area contributed by atoms with Gasteiger partial charge in [-0.15, -0.1) is 0 Å². The molecule has 1 aromatic rings. The molecule has 2 fully saturated rings. The smallest absolute Gasteiger partial charge is 0.0936 e. The highest BCUT2D eigenvalue weighted by Gasteiger charge is 2.38. The second-order valence-electron chi connectivity index (χ2n) is 6.00. The van der Waals surface area contributed by atoms with Gasteiger partial charge in [-0.25, -0.2) is 0 Å². The second-order valence-corrected chi connectivity index (χ2v) is 6.00. The van der Waals surface area contributed by atoms with Crippen LogP contribution in [-0.2, 0) is 5.60 Å². The Morgan fingerprint density at radius 3 is 2.43 bits per heavy atom. The molecule has 2 nitrogen and oxygen atoms in total. The van der Waals surface area contributed by atoms with Crippen LogP contribution in [0.3, 0.4) is 0 Å². The molecule has 2 heteroatoms. The third kappa shape index (κ3) is 3.49. The van der Waals surface area contributed by atoms with E-state index in [1.807, 2.05) is 18.2 Å². The molecule has 1 aliphatic carbocycles. The molecule has 1 saturated carbocycles. The molecular weight excluding hydrogens is 258 g/mol. The number of benzene rings is 1. The lowest BCUT2D eigenvalue weighted by atomic mass is 9.71. The van der Waals surface area contributed by atoms with Gasteiger partial charge in [0.1, 0.15) is 0 Å². The molecule has 0 aromatic heterocycles. The fraction of sp³-hybridized carbons (Fsp3) is 0.684. The summed E-state index contributed by atoms with van der Waals surface area (Å²) in [6, 6.07) is 9.08. The Labute approximate surface area is 140 Å². The maximum Gasteiger partial charge on any atom is 0.0936 e. The molecule has 0 radical (unpaired) electrons. The molecule has 116 valence electrons. The van der Waals surface area contributed by atoms with Gasteiger partial charge in [0, 0.05) is 17.5 Å². The zero-order chi connectivity index (χ0) is 21.7. The van der Waals surface area contributed by atoms with E-state index in [4.69, 9.17) is 11.0 Å². The van der Waals surface area contributed by atoms with Crippen LogP contribution >= 0.6 is 0 Å². The minimum Gasteiger partial charge on any atom is -0.385 e. The summed E-state index contributed by atoms with van der Waals surface area (Å²) in [6.07, 6.45) is -1.41. The lowest BCUT2D eigenvalue weighted by Gasteiger charge is -2.40. The first-order chi connectivity index (χ1) is 13.3. The molecule has 1 unspecified atom stereocenters. The monoisotopic (exact) mass is 295 g/mol. The van der Waals surface area contributed by atoms with Gasteiger partial charge in [0.15, 0.2) is 0 Å². The molecule has 1 heterocycles. The first-order valence-corrected chi connectivity index (χ1v) is 7.86.